The molecule has 0 bridgehead atoms. The Balaban J connectivity index is 2.31. The maximum atomic E-state index is 13.5. The molecule has 0 heterocycles. The SMILES string of the molecule is CNC(Cc1cc(F)cc(Br)c1)c1cc(OC)ccc1Br. The quantitative estimate of drug-likeness (QED) is 0.751. The summed E-state index contributed by atoms with van der Waals surface area (Å²) in [5, 5.41) is 3.27. The second-order valence-electron chi connectivity index (χ2n) is 4.71. The molecule has 112 valence electrons. The number of likely N-dealkylation sites (N-methyl/N-ethyl adjacent to an activating group) is 1. The molecule has 0 amide bonds. The van der Waals surface area contributed by atoms with Crippen LogP contribution in [-0.2, 0) is 6.42 Å². The van der Waals surface area contributed by atoms with Gasteiger partial charge >= 0.3 is 0 Å². The van der Waals surface area contributed by atoms with Crippen molar-refractivity contribution in [2.45, 2.75) is 12.5 Å². The van der Waals surface area contributed by atoms with Crippen LogP contribution in [0.15, 0.2) is 45.3 Å². The molecule has 0 aromatic heterocycles. The molecular formula is C16H16Br2FNO. The summed E-state index contributed by atoms with van der Waals surface area (Å²) in [6.45, 7) is 0. The number of methoxy groups -OCH3 is 1. The minimum atomic E-state index is -0.237. The lowest BCUT2D eigenvalue weighted by atomic mass is 9.98. The van der Waals surface area contributed by atoms with Gasteiger partial charge in [-0.05, 0) is 61.0 Å². The minimum absolute atomic E-state index is 0.0585. The average molecular weight is 417 g/mol. The molecule has 0 aliphatic heterocycles. The summed E-state index contributed by atoms with van der Waals surface area (Å²) in [5.74, 6) is 0.563. The first kappa shape index (κ1) is 16.5. The first-order chi connectivity index (χ1) is 10.0. The highest BCUT2D eigenvalue weighted by Crippen LogP contribution is 2.30. The van der Waals surface area contributed by atoms with E-state index >= 15 is 0 Å². The Kier molecular flexibility index (Phi) is 5.79. The lowest BCUT2D eigenvalue weighted by molar-refractivity contribution is 0.413. The maximum absolute atomic E-state index is 13.5. The molecule has 21 heavy (non-hydrogen) atoms. The molecule has 0 fully saturated rings. The van der Waals surface area contributed by atoms with Gasteiger partial charge in [-0.2, -0.15) is 0 Å². The van der Waals surface area contributed by atoms with Crippen LogP contribution in [0.4, 0.5) is 4.39 Å². The van der Waals surface area contributed by atoms with E-state index in [2.05, 4.69) is 37.2 Å². The third-order valence-corrected chi connectivity index (χ3v) is 4.47. The van der Waals surface area contributed by atoms with Gasteiger partial charge in [0, 0.05) is 15.0 Å². The van der Waals surface area contributed by atoms with Crippen LogP contribution < -0.4 is 10.1 Å². The van der Waals surface area contributed by atoms with Crippen molar-refractivity contribution >= 4 is 31.9 Å². The second-order valence-corrected chi connectivity index (χ2v) is 6.48. The smallest absolute Gasteiger partial charge is 0.124 e. The van der Waals surface area contributed by atoms with Crippen LogP contribution in [0.25, 0.3) is 0 Å². The van der Waals surface area contributed by atoms with Gasteiger partial charge in [-0.15, -0.1) is 0 Å². The first-order valence-corrected chi connectivity index (χ1v) is 8.07. The van der Waals surface area contributed by atoms with Crippen molar-refractivity contribution in [3.05, 3.63) is 62.3 Å². The molecule has 1 N–H and O–H groups in total. The molecule has 0 saturated heterocycles. The second kappa shape index (κ2) is 7.38. The van der Waals surface area contributed by atoms with Crippen molar-refractivity contribution < 1.29 is 9.13 Å². The fourth-order valence-electron chi connectivity index (χ4n) is 2.25. The maximum Gasteiger partial charge on any atom is 0.124 e. The van der Waals surface area contributed by atoms with E-state index in [1.165, 1.54) is 6.07 Å². The van der Waals surface area contributed by atoms with Gasteiger partial charge in [0.2, 0.25) is 0 Å². The number of hydrogen-bond donors (Lipinski definition) is 1. The zero-order valence-electron chi connectivity index (χ0n) is 11.8. The molecule has 1 unspecified atom stereocenters. The van der Waals surface area contributed by atoms with Gasteiger partial charge in [-0.3, -0.25) is 0 Å². The summed E-state index contributed by atoms with van der Waals surface area (Å²) in [6, 6.07) is 10.9. The summed E-state index contributed by atoms with van der Waals surface area (Å²) >= 11 is 6.89. The Labute approximate surface area is 141 Å². The average Bonchev–Trinajstić information content (AvgIpc) is 2.44. The van der Waals surface area contributed by atoms with Crippen LogP contribution in [0.5, 0.6) is 5.75 Å². The number of benzene rings is 2. The summed E-state index contributed by atoms with van der Waals surface area (Å²) in [4.78, 5) is 0. The Bertz CT molecular complexity index is 613. The summed E-state index contributed by atoms with van der Waals surface area (Å²) in [5.41, 5.74) is 2.01. The van der Waals surface area contributed by atoms with Gasteiger partial charge in [0.25, 0.3) is 0 Å². The van der Waals surface area contributed by atoms with E-state index in [1.807, 2.05) is 31.3 Å². The van der Waals surface area contributed by atoms with Crippen molar-refractivity contribution in [2.75, 3.05) is 14.2 Å². The number of hydrogen-bond acceptors (Lipinski definition) is 2. The Morgan fingerprint density at radius 1 is 1.19 bits per heavy atom. The number of rotatable bonds is 5. The lowest BCUT2D eigenvalue weighted by Gasteiger charge is -2.19. The third kappa shape index (κ3) is 4.28. The van der Waals surface area contributed by atoms with E-state index in [1.54, 1.807) is 13.2 Å². The number of halogens is 3. The highest BCUT2D eigenvalue weighted by Gasteiger charge is 2.15. The molecule has 1 atom stereocenters. The predicted octanol–water partition coefficient (Wildman–Crippen LogP) is 4.86. The Morgan fingerprint density at radius 3 is 2.57 bits per heavy atom. The Morgan fingerprint density at radius 2 is 1.95 bits per heavy atom. The van der Waals surface area contributed by atoms with Crippen molar-refractivity contribution in [3.63, 3.8) is 0 Å². The van der Waals surface area contributed by atoms with Gasteiger partial charge < -0.3 is 10.1 Å². The van der Waals surface area contributed by atoms with Gasteiger partial charge in [-0.25, -0.2) is 4.39 Å². The Hall–Kier alpha value is -0.910. The lowest BCUT2D eigenvalue weighted by Crippen LogP contribution is -2.19. The van der Waals surface area contributed by atoms with Crippen LogP contribution >= 0.6 is 31.9 Å². The molecule has 0 aliphatic rings. The first-order valence-electron chi connectivity index (χ1n) is 6.49. The van der Waals surface area contributed by atoms with Crippen molar-refractivity contribution in [3.8, 4) is 5.75 Å². The van der Waals surface area contributed by atoms with Gasteiger partial charge in [-0.1, -0.05) is 31.9 Å². The summed E-state index contributed by atoms with van der Waals surface area (Å²) < 4.78 is 20.5. The molecule has 2 rings (SSSR count). The van der Waals surface area contributed by atoms with E-state index in [0.717, 1.165) is 25.8 Å². The molecule has 2 nitrogen and oxygen atoms in total. The molecule has 0 saturated carbocycles. The van der Waals surface area contributed by atoms with Crippen molar-refractivity contribution in [2.24, 2.45) is 0 Å². The van der Waals surface area contributed by atoms with E-state index in [9.17, 15) is 4.39 Å². The number of ether oxygens (including phenoxy) is 1. The van der Waals surface area contributed by atoms with Crippen molar-refractivity contribution in [1.29, 1.82) is 0 Å². The zero-order valence-corrected chi connectivity index (χ0v) is 15.0. The fraction of sp³-hybridized carbons (Fsp3) is 0.250. The largest absolute Gasteiger partial charge is 0.497 e. The minimum Gasteiger partial charge on any atom is -0.497 e. The van der Waals surface area contributed by atoms with E-state index in [0.29, 0.717) is 6.42 Å². The van der Waals surface area contributed by atoms with Crippen LogP contribution in [-0.4, -0.2) is 14.2 Å². The fourth-order valence-corrected chi connectivity index (χ4v) is 3.28. The monoisotopic (exact) mass is 415 g/mol. The zero-order chi connectivity index (χ0) is 15.4. The van der Waals surface area contributed by atoms with Gasteiger partial charge in [0.1, 0.15) is 11.6 Å². The highest BCUT2D eigenvalue weighted by molar-refractivity contribution is 9.10. The molecule has 0 radical (unpaired) electrons. The predicted molar refractivity (Wildman–Crippen MR) is 90.3 cm³/mol. The standard InChI is InChI=1S/C16H16Br2FNO/c1-20-16(7-10-5-11(17)8-12(19)6-10)14-9-13(21-2)3-4-15(14)18/h3-6,8-9,16,20H,7H2,1-2H3. The normalized spacial score (nSPS) is 12.2. The van der Waals surface area contributed by atoms with Crippen LogP contribution in [0, 0.1) is 5.82 Å². The molecule has 0 spiro atoms. The van der Waals surface area contributed by atoms with Crippen LogP contribution in [0.3, 0.4) is 0 Å². The molecule has 0 aliphatic carbocycles. The third-order valence-electron chi connectivity index (χ3n) is 3.29. The molecule has 5 heteroatoms. The summed E-state index contributed by atoms with van der Waals surface area (Å²) in [6.07, 6.45) is 0.679. The van der Waals surface area contributed by atoms with E-state index < -0.39 is 0 Å². The highest BCUT2D eigenvalue weighted by atomic mass is 79.9. The van der Waals surface area contributed by atoms with Gasteiger partial charge in [0.05, 0.1) is 7.11 Å². The van der Waals surface area contributed by atoms with Crippen LogP contribution in [0.1, 0.15) is 17.2 Å². The molecule has 2 aromatic rings. The topological polar surface area (TPSA) is 21.3 Å². The number of nitrogens with one attached hydrogen (secondary N) is 1. The molecular weight excluding hydrogens is 401 g/mol. The van der Waals surface area contributed by atoms with E-state index in [-0.39, 0.29) is 11.9 Å². The van der Waals surface area contributed by atoms with Gasteiger partial charge in [0.15, 0.2) is 0 Å². The molecule has 2 aromatic carbocycles. The van der Waals surface area contributed by atoms with E-state index in [4.69, 9.17) is 4.74 Å². The van der Waals surface area contributed by atoms with Crippen molar-refractivity contribution in [1.82, 2.24) is 5.32 Å². The van der Waals surface area contributed by atoms with Crippen LogP contribution in [0.2, 0.25) is 0 Å². The summed E-state index contributed by atoms with van der Waals surface area (Å²) in [7, 11) is 3.54.